The van der Waals surface area contributed by atoms with E-state index in [4.69, 9.17) is 9.84 Å². The third-order valence-electron chi connectivity index (χ3n) is 3.45. The van der Waals surface area contributed by atoms with Gasteiger partial charge in [0.25, 0.3) is 0 Å². The van der Waals surface area contributed by atoms with Gasteiger partial charge in [-0.15, -0.1) is 0 Å². The molecule has 0 aromatic rings. The molecule has 1 rings (SSSR count). The zero-order valence-electron chi connectivity index (χ0n) is 10.9. The monoisotopic (exact) mass is 244 g/mol. The van der Waals surface area contributed by atoms with Crippen molar-refractivity contribution < 1.29 is 14.6 Å². The molecule has 1 unspecified atom stereocenters. The van der Waals surface area contributed by atoms with E-state index in [1.807, 2.05) is 6.92 Å². The Labute approximate surface area is 103 Å². The standard InChI is InChI=1S/C12H24N2O3/c1-3-12(2,11(15)16)13-5-4-6-14-7-9-17-10-8-14/h13H,3-10H2,1-2H3,(H,15,16). The molecular weight excluding hydrogens is 220 g/mol. The first-order chi connectivity index (χ1) is 8.08. The van der Waals surface area contributed by atoms with Gasteiger partial charge in [0.1, 0.15) is 5.54 Å². The molecule has 1 aliphatic heterocycles. The molecule has 0 radical (unpaired) electrons. The van der Waals surface area contributed by atoms with Gasteiger partial charge in [-0.3, -0.25) is 9.69 Å². The first-order valence-corrected chi connectivity index (χ1v) is 6.37. The van der Waals surface area contributed by atoms with Crippen molar-refractivity contribution in [2.45, 2.75) is 32.2 Å². The highest BCUT2D eigenvalue weighted by Gasteiger charge is 2.29. The van der Waals surface area contributed by atoms with Gasteiger partial charge < -0.3 is 15.2 Å². The summed E-state index contributed by atoms with van der Waals surface area (Å²) in [4.78, 5) is 13.4. The van der Waals surface area contributed by atoms with Gasteiger partial charge in [0.15, 0.2) is 0 Å². The Morgan fingerprint density at radius 3 is 2.65 bits per heavy atom. The minimum atomic E-state index is -0.787. The molecule has 5 heteroatoms. The number of rotatable bonds is 7. The number of hydrogen-bond donors (Lipinski definition) is 2. The van der Waals surface area contributed by atoms with E-state index >= 15 is 0 Å². The molecule has 0 bridgehead atoms. The molecule has 5 nitrogen and oxygen atoms in total. The summed E-state index contributed by atoms with van der Waals surface area (Å²) in [5, 5.41) is 12.2. The fraction of sp³-hybridized carbons (Fsp3) is 0.917. The van der Waals surface area contributed by atoms with E-state index in [0.29, 0.717) is 6.42 Å². The minimum absolute atomic E-state index is 0.597. The first kappa shape index (κ1) is 14.4. The second kappa shape index (κ2) is 6.93. The Bertz CT molecular complexity index is 242. The van der Waals surface area contributed by atoms with Crippen LogP contribution in [0.1, 0.15) is 26.7 Å². The molecule has 17 heavy (non-hydrogen) atoms. The van der Waals surface area contributed by atoms with E-state index in [0.717, 1.165) is 45.8 Å². The van der Waals surface area contributed by atoms with Crippen molar-refractivity contribution in [3.05, 3.63) is 0 Å². The maximum absolute atomic E-state index is 11.1. The lowest BCUT2D eigenvalue weighted by Crippen LogP contribution is -2.49. The molecule has 0 amide bonds. The van der Waals surface area contributed by atoms with Gasteiger partial charge in [-0.25, -0.2) is 0 Å². The largest absolute Gasteiger partial charge is 0.480 e. The normalized spacial score (nSPS) is 21.1. The van der Waals surface area contributed by atoms with Crippen LogP contribution >= 0.6 is 0 Å². The van der Waals surface area contributed by atoms with E-state index in [2.05, 4.69) is 10.2 Å². The number of nitrogens with one attached hydrogen (secondary N) is 1. The molecule has 0 aromatic heterocycles. The van der Waals surface area contributed by atoms with Crippen molar-refractivity contribution in [2.24, 2.45) is 0 Å². The van der Waals surface area contributed by atoms with Crippen molar-refractivity contribution in [2.75, 3.05) is 39.4 Å². The van der Waals surface area contributed by atoms with Crippen molar-refractivity contribution in [1.82, 2.24) is 10.2 Å². The molecule has 1 fully saturated rings. The highest BCUT2D eigenvalue weighted by Crippen LogP contribution is 2.09. The number of aliphatic carboxylic acids is 1. The number of hydrogen-bond acceptors (Lipinski definition) is 4. The maximum atomic E-state index is 11.1. The van der Waals surface area contributed by atoms with Crippen LogP contribution in [0, 0.1) is 0 Å². The van der Waals surface area contributed by atoms with Crippen molar-refractivity contribution in [3.63, 3.8) is 0 Å². The topological polar surface area (TPSA) is 61.8 Å². The van der Waals surface area contributed by atoms with Gasteiger partial charge in [-0.05, 0) is 32.9 Å². The zero-order chi connectivity index (χ0) is 12.7. The summed E-state index contributed by atoms with van der Waals surface area (Å²) in [6, 6.07) is 0. The zero-order valence-corrected chi connectivity index (χ0v) is 10.9. The molecule has 0 saturated carbocycles. The summed E-state index contributed by atoms with van der Waals surface area (Å²) in [7, 11) is 0. The van der Waals surface area contributed by atoms with Crippen molar-refractivity contribution >= 4 is 5.97 Å². The predicted molar refractivity (Wildman–Crippen MR) is 66.2 cm³/mol. The quantitative estimate of drug-likeness (QED) is 0.640. The van der Waals surface area contributed by atoms with Gasteiger partial charge in [0.05, 0.1) is 13.2 Å². The molecule has 1 aliphatic rings. The van der Waals surface area contributed by atoms with Gasteiger partial charge in [-0.2, -0.15) is 0 Å². The van der Waals surface area contributed by atoms with Crippen molar-refractivity contribution in [3.8, 4) is 0 Å². The van der Waals surface area contributed by atoms with E-state index < -0.39 is 11.5 Å². The summed E-state index contributed by atoms with van der Waals surface area (Å²) in [6.45, 7) is 9.00. The molecule has 0 spiro atoms. The smallest absolute Gasteiger partial charge is 0.323 e. The third kappa shape index (κ3) is 4.61. The van der Waals surface area contributed by atoms with E-state index in [-0.39, 0.29) is 0 Å². The van der Waals surface area contributed by atoms with Crippen LogP contribution < -0.4 is 5.32 Å². The van der Waals surface area contributed by atoms with E-state index in [1.165, 1.54) is 0 Å². The van der Waals surface area contributed by atoms with E-state index in [1.54, 1.807) is 6.92 Å². The molecule has 2 N–H and O–H groups in total. The number of ether oxygens (including phenoxy) is 1. The summed E-state index contributed by atoms with van der Waals surface area (Å²) in [6.07, 6.45) is 1.57. The van der Waals surface area contributed by atoms with Gasteiger partial charge in [0.2, 0.25) is 0 Å². The predicted octanol–water partition coefficient (Wildman–Crippen LogP) is 0.552. The van der Waals surface area contributed by atoms with Crippen LogP contribution in [0.2, 0.25) is 0 Å². The number of carboxylic acids is 1. The molecule has 0 aromatic carbocycles. The third-order valence-corrected chi connectivity index (χ3v) is 3.45. The molecule has 1 heterocycles. The van der Waals surface area contributed by atoms with E-state index in [9.17, 15) is 4.79 Å². The molecular formula is C12H24N2O3. The number of carboxylic acid groups (broad SMARTS) is 1. The Morgan fingerprint density at radius 1 is 1.47 bits per heavy atom. The van der Waals surface area contributed by atoms with Crippen LogP contribution in [-0.4, -0.2) is 60.9 Å². The SMILES string of the molecule is CCC(C)(NCCCN1CCOCC1)C(=O)O. The number of carbonyl (C=O) groups is 1. The van der Waals surface area contributed by atoms with Crippen LogP contribution in [0.4, 0.5) is 0 Å². The van der Waals surface area contributed by atoms with Gasteiger partial charge in [-0.1, -0.05) is 6.92 Å². The summed E-state index contributed by atoms with van der Waals surface area (Å²) < 4.78 is 5.27. The van der Waals surface area contributed by atoms with Crippen LogP contribution in [0.25, 0.3) is 0 Å². The lowest BCUT2D eigenvalue weighted by molar-refractivity contribution is -0.144. The van der Waals surface area contributed by atoms with Gasteiger partial charge >= 0.3 is 5.97 Å². The Balaban J connectivity index is 2.16. The fourth-order valence-corrected chi connectivity index (χ4v) is 1.84. The highest BCUT2D eigenvalue weighted by molar-refractivity contribution is 5.78. The molecule has 1 saturated heterocycles. The molecule has 0 aliphatic carbocycles. The van der Waals surface area contributed by atoms with Crippen LogP contribution in [-0.2, 0) is 9.53 Å². The molecule has 1 atom stereocenters. The average molecular weight is 244 g/mol. The summed E-state index contributed by atoms with van der Waals surface area (Å²) in [5.41, 5.74) is -0.787. The molecule has 100 valence electrons. The minimum Gasteiger partial charge on any atom is -0.480 e. The maximum Gasteiger partial charge on any atom is 0.323 e. The Kier molecular flexibility index (Phi) is 5.88. The highest BCUT2D eigenvalue weighted by atomic mass is 16.5. The van der Waals surface area contributed by atoms with Gasteiger partial charge in [0, 0.05) is 13.1 Å². The van der Waals surface area contributed by atoms with Crippen molar-refractivity contribution in [1.29, 1.82) is 0 Å². The second-order valence-corrected chi connectivity index (χ2v) is 4.73. The van der Waals surface area contributed by atoms with Crippen LogP contribution in [0.5, 0.6) is 0 Å². The van der Waals surface area contributed by atoms with Crippen LogP contribution in [0.3, 0.4) is 0 Å². The summed E-state index contributed by atoms with van der Waals surface area (Å²) in [5.74, 6) is -0.772. The average Bonchev–Trinajstić information content (AvgIpc) is 2.35. The summed E-state index contributed by atoms with van der Waals surface area (Å²) >= 11 is 0. The number of morpholine rings is 1. The number of nitrogens with zero attached hydrogens (tertiary/aromatic N) is 1. The first-order valence-electron chi connectivity index (χ1n) is 6.37. The van der Waals surface area contributed by atoms with Crippen LogP contribution in [0.15, 0.2) is 0 Å². The second-order valence-electron chi connectivity index (χ2n) is 4.73. The Hall–Kier alpha value is -0.650. The Morgan fingerprint density at radius 2 is 2.12 bits per heavy atom. The fourth-order valence-electron chi connectivity index (χ4n) is 1.84. The lowest BCUT2D eigenvalue weighted by atomic mass is 9.99. The lowest BCUT2D eigenvalue weighted by Gasteiger charge is -2.28.